The highest BCUT2D eigenvalue weighted by atomic mass is 32.1. The first-order valence-electron chi connectivity index (χ1n) is 9.08. The van der Waals surface area contributed by atoms with Gasteiger partial charge in [0.1, 0.15) is 5.76 Å². The highest BCUT2D eigenvalue weighted by molar-refractivity contribution is 7.09. The van der Waals surface area contributed by atoms with Gasteiger partial charge in [0.15, 0.2) is 0 Å². The molecule has 0 atom stereocenters. The third kappa shape index (κ3) is 13.1. The SMILES string of the molecule is CC1CC1.CC1CCCCC1.Cc1ccco1.Cc1cccs1. The van der Waals surface area contributed by atoms with E-state index in [1.807, 2.05) is 19.1 Å². The summed E-state index contributed by atoms with van der Waals surface area (Å²) in [5, 5.41) is 2.08. The van der Waals surface area contributed by atoms with E-state index in [2.05, 4.69) is 38.3 Å². The Labute approximate surface area is 147 Å². The molecule has 0 saturated heterocycles. The normalized spacial score (nSPS) is 16.9. The maximum absolute atomic E-state index is 4.83. The summed E-state index contributed by atoms with van der Waals surface area (Å²) in [6.07, 6.45) is 12.1. The maximum atomic E-state index is 4.83. The number of furan rings is 1. The van der Waals surface area contributed by atoms with Gasteiger partial charge in [-0.05, 0) is 49.3 Å². The summed E-state index contributed by atoms with van der Waals surface area (Å²) >= 11 is 1.78. The minimum atomic E-state index is 0.968. The monoisotopic (exact) mass is 334 g/mol. The third-order valence-electron chi connectivity index (χ3n) is 4.09. The third-order valence-corrected chi connectivity index (χ3v) is 4.89. The number of hydrogen-bond acceptors (Lipinski definition) is 2. The number of aryl methyl sites for hydroxylation is 2. The average Bonchev–Trinajstić information content (AvgIpc) is 2.98. The first-order chi connectivity index (χ1) is 11.1. The van der Waals surface area contributed by atoms with Crippen LogP contribution in [0, 0.1) is 25.7 Å². The number of hydrogen-bond donors (Lipinski definition) is 0. The van der Waals surface area contributed by atoms with Crippen molar-refractivity contribution in [3.63, 3.8) is 0 Å². The second kappa shape index (κ2) is 12.4. The average molecular weight is 335 g/mol. The first kappa shape index (κ1) is 20.0. The Kier molecular flexibility index (Phi) is 10.8. The molecule has 23 heavy (non-hydrogen) atoms. The second-order valence-corrected chi connectivity index (χ2v) is 8.02. The van der Waals surface area contributed by atoms with Crippen LogP contribution in [0.15, 0.2) is 40.3 Å². The van der Waals surface area contributed by atoms with Crippen LogP contribution in [0.25, 0.3) is 0 Å². The predicted molar refractivity (Wildman–Crippen MR) is 103 cm³/mol. The Morgan fingerprint density at radius 2 is 1.52 bits per heavy atom. The zero-order valence-electron chi connectivity index (χ0n) is 15.4. The van der Waals surface area contributed by atoms with Crippen molar-refractivity contribution in [1.29, 1.82) is 0 Å². The molecule has 2 aliphatic rings. The van der Waals surface area contributed by atoms with Gasteiger partial charge >= 0.3 is 0 Å². The summed E-state index contributed by atoms with van der Waals surface area (Å²) in [4.78, 5) is 1.38. The lowest BCUT2D eigenvalue weighted by Crippen LogP contribution is -1.99. The van der Waals surface area contributed by atoms with Crippen LogP contribution in [0.4, 0.5) is 0 Å². The second-order valence-electron chi connectivity index (χ2n) is 6.87. The lowest BCUT2D eigenvalue weighted by molar-refractivity contribution is 0.385. The fraction of sp³-hybridized carbons (Fsp3) is 0.619. The molecule has 2 aromatic heterocycles. The fourth-order valence-electron chi connectivity index (χ4n) is 2.19. The van der Waals surface area contributed by atoms with Gasteiger partial charge in [-0.3, -0.25) is 0 Å². The molecule has 0 spiro atoms. The van der Waals surface area contributed by atoms with Gasteiger partial charge < -0.3 is 4.42 Å². The Bertz CT molecular complexity index is 416. The molecule has 130 valence electrons. The molecule has 0 unspecified atom stereocenters. The summed E-state index contributed by atoms with van der Waals surface area (Å²) in [5.41, 5.74) is 0. The Hall–Kier alpha value is -1.02. The van der Waals surface area contributed by atoms with Gasteiger partial charge in [-0.15, -0.1) is 11.3 Å². The van der Waals surface area contributed by atoms with Crippen molar-refractivity contribution in [3.05, 3.63) is 46.5 Å². The summed E-state index contributed by atoms with van der Waals surface area (Å²) < 4.78 is 4.83. The highest BCUT2D eigenvalue weighted by Crippen LogP contribution is 2.26. The van der Waals surface area contributed by atoms with Crippen LogP contribution < -0.4 is 0 Å². The van der Waals surface area contributed by atoms with Crippen molar-refractivity contribution in [2.45, 2.75) is 72.6 Å². The topological polar surface area (TPSA) is 13.1 Å². The number of rotatable bonds is 0. The maximum Gasteiger partial charge on any atom is 0.100 e. The molecule has 0 aromatic carbocycles. The van der Waals surface area contributed by atoms with Gasteiger partial charge in [-0.2, -0.15) is 0 Å². The first-order valence-corrected chi connectivity index (χ1v) is 9.96. The standard InChI is InChI=1S/C7H14.C5H6O.C5H6S.C4H8/c1-7-5-3-2-4-6-7;2*1-5-3-2-4-6-5;1-4-2-3-4/h7H,2-6H2,1H3;2*2-4H,1H3;4H,2-3H2,1H3. The van der Waals surface area contributed by atoms with E-state index in [1.54, 1.807) is 17.6 Å². The molecule has 2 heteroatoms. The van der Waals surface area contributed by atoms with Gasteiger partial charge in [0.05, 0.1) is 6.26 Å². The molecule has 0 amide bonds. The summed E-state index contributed by atoms with van der Waals surface area (Å²) in [7, 11) is 0. The molecule has 4 rings (SSSR count). The van der Waals surface area contributed by atoms with Crippen LogP contribution in [0.3, 0.4) is 0 Å². The van der Waals surface area contributed by atoms with E-state index in [4.69, 9.17) is 4.42 Å². The zero-order valence-corrected chi connectivity index (χ0v) is 16.2. The Morgan fingerprint density at radius 3 is 1.70 bits per heavy atom. The predicted octanol–water partition coefficient (Wildman–Crippen LogP) is 7.65. The minimum Gasteiger partial charge on any atom is -0.470 e. The molecule has 0 aliphatic heterocycles. The Balaban J connectivity index is 0.000000156. The smallest absolute Gasteiger partial charge is 0.100 e. The molecule has 2 fully saturated rings. The summed E-state index contributed by atoms with van der Waals surface area (Å²) in [6.45, 7) is 8.66. The lowest BCUT2D eigenvalue weighted by Gasteiger charge is -2.15. The van der Waals surface area contributed by atoms with Gasteiger partial charge in [0.2, 0.25) is 0 Å². The molecular formula is C21H34OS. The molecular weight excluding hydrogens is 300 g/mol. The van der Waals surface area contributed by atoms with Gasteiger partial charge in [-0.25, -0.2) is 0 Å². The number of thiophene rings is 1. The van der Waals surface area contributed by atoms with E-state index in [1.165, 1.54) is 49.8 Å². The lowest BCUT2D eigenvalue weighted by atomic mass is 9.91. The highest BCUT2D eigenvalue weighted by Gasteiger charge is 2.12. The van der Waals surface area contributed by atoms with Crippen molar-refractivity contribution in [2.24, 2.45) is 11.8 Å². The van der Waals surface area contributed by atoms with Gasteiger partial charge in [-0.1, -0.05) is 64.9 Å². The molecule has 2 heterocycles. The van der Waals surface area contributed by atoms with Crippen molar-refractivity contribution < 1.29 is 4.42 Å². The van der Waals surface area contributed by atoms with E-state index in [9.17, 15) is 0 Å². The van der Waals surface area contributed by atoms with Crippen LogP contribution in [0.1, 0.15) is 69.4 Å². The van der Waals surface area contributed by atoms with E-state index in [0.717, 1.165) is 17.6 Å². The molecule has 2 aromatic rings. The molecule has 0 radical (unpaired) electrons. The van der Waals surface area contributed by atoms with Crippen molar-refractivity contribution in [3.8, 4) is 0 Å². The minimum absolute atomic E-state index is 0.968. The van der Waals surface area contributed by atoms with Crippen LogP contribution in [0.5, 0.6) is 0 Å². The molecule has 2 aliphatic carbocycles. The molecule has 1 nitrogen and oxygen atoms in total. The largest absolute Gasteiger partial charge is 0.470 e. The quantitative estimate of drug-likeness (QED) is 0.482. The molecule has 2 saturated carbocycles. The van der Waals surface area contributed by atoms with Crippen molar-refractivity contribution in [1.82, 2.24) is 0 Å². The van der Waals surface area contributed by atoms with E-state index < -0.39 is 0 Å². The fourth-order valence-corrected chi connectivity index (χ4v) is 2.72. The van der Waals surface area contributed by atoms with Crippen molar-refractivity contribution in [2.75, 3.05) is 0 Å². The molecule has 0 bridgehead atoms. The van der Waals surface area contributed by atoms with E-state index >= 15 is 0 Å². The summed E-state index contributed by atoms with van der Waals surface area (Å²) in [5.74, 6) is 3.09. The van der Waals surface area contributed by atoms with Crippen LogP contribution in [-0.2, 0) is 0 Å². The summed E-state index contributed by atoms with van der Waals surface area (Å²) in [6, 6.07) is 7.94. The van der Waals surface area contributed by atoms with Crippen molar-refractivity contribution >= 4 is 11.3 Å². The van der Waals surface area contributed by atoms with Crippen LogP contribution >= 0.6 is 11.3 Å². The van der Waals surface area contributed by atoms with E-state index in [-0.39, 0.29) is 0 Å². The molecule has 0 N–H and O–H groups in total. The van der Waals surface area contributed by atoms with Crippen LogP contribution in [0.2, 0.25) is 0 Å². The van der Waals surface area contributed by atoms with Gasteiger partial charge in [0.25, 0.3) is 0 Å². The Morgan fingerprint density at radius 1 is 0.870 bits per heavy atom. The van der Waals surface area contributed by atoms with E-state index in [0.29, 0.717) is 0 Å². The zero-order chi connectivity index (χ0) is 16.9. The van der Waals surface area contributed by atoms with Crippen LogP contribution in [-0.4, -0.2) is 0 Å². The van der Waals surface area contributed by atoms with Gasteiger partial charge in [0, 0.05) is 4.88 Å².